The van der Waals surface area contributed by atoms with Crippen LogP contribution in [0.1, 0.15) is 22.9 Å². The largest absolute Gasteiger partial charge is 0.453 e. The molecule has 0 saturated carbocycles. The summed E-state index contributed by atoms with van der Waals surface area (Å²) in [6.45, 7) is 2.16. The molecule has 8 heteroatoms. The molecule has 3 heterocycles. The summed E-state index contributed by atoms with van der Waals surface area (Å²) in [5, 5.41) is 10.5. The molecule has 4 atom stereocenters. The van der Waals surface area contributed by atoms with E-state index in [4.69, 9.17) is 18.9 Å². The van der Waals surface area contributed by atoms with Crippen LogP contribution in [0.4, 0.5) is 0 Å². The lowest BCUT2D eigenvalue weighted by Crippen LogP contribution is -2.52. The molecule has 0 unspecified atom stereocenters. The van der Waals surface area contributed by atoms with Gasteiger partial charge in [0.2, 0.25) is 0 Å². The Morgan fingerprint density at radius 3 is 2.39 bits per heavy atom. The van der Waals surface area contributed by atoms with Gasteiger partial charge in [0.25, 0.3) is 5.56 Å². The maximum atomic E-state index is 12.0. The Bertz CT molecular complexity index is 1150. The smallest absolute Gasteiger partial charge is 0.302 e. The van der Waals surface area contributed by atoms with Gasteiger partial charge in [0, 0.05) is 11.8 Å². The Morgan fingerprint density at radius 1 is 1.06 bits per heavy atom. The van der Waals surface area contributed by atoms with Crippen LogP contribution < -0.4 is 10.3 Å². The number of aryl methyl sites for hydroxylation is 1. The van der Waals surface area contributed by atoms with Crippen molar-refractivity contribution in [3.05, 3.63) is 93.9 Å². The minimum Gasteiger partial charge on any atom is -0.453 e. The maximum Gasteiger partial charge on any atom is 0.302 e. The van der Waals surface area contributed by atoms with Gasteiger partial charge in [-0.25, -0.2) is 0 Å². The molecule has 0 bridgehead atoms. The summed E-state index contributed by atoms with van der Waals surface area (Å²) in [5.41, 5.74) is 0.993. The Morgan fingerprint density at radius 2 is 1.73 bits per heavy atom. The number of aliphatic hydroxyl groups is 1. The van der Waals surface area contributed by atoms with Crippen LogP contribution in [0.15, 0.2) is 71.7 Å². The first-order valence-corrected chi connectivity index (χ1v) is 10.9. The monoisotopic (exact) mass is 450 g/mol. The Balaban J connectivity index is 1.41. The first-order valence-electron chi connectivity index (χ1n) is 10.9. The summed E-state index contributed by atoms with van der Waals surface area (Å²) >= 11 is 0. The zero-order chi connectivity index (χ0) is 22.8. The molecule has 3 aromatic rings. The van der Waals surface area contributed by atoms with Gasteiger partial charge in [0.15, 0.2) is 12.3 Å². The lowest BCUT2D eigenvalue weighted by molar-refractivity contribution is -0.177. The predicted molar refractivity (Wildman–Crippen MR) is 119 cm³/mol. The number of aliphatic hydroxyl groups excluding tert-OH is 1. The number of rotatable bonds is 8. The third-order valence-corrected chi connectivity index (χ3v) is 6.06. The van der Waals surface area contributed by atoms with E-state index in [0.29, 0.717) is 18.8 Å². The van der Waals surface area contributed by atoms with Crippen molar-refractivity contribution >= 4 is 0 Å². The predicted octanol–water partition coefficient (Wildman–Crippen LogP) is 2.37. The summed E-state index contributed by atoms with van der Waals surface area (Å²) in [6.07, 6.45) is -0.169. The Labute approximate surface area is 191 Å². The molecule has 1 aromatic heterocycles. The molecule has 2 aliphatic rings. The lowest BCUT2D eigenvalue weighted by Gasteiger charge is -2.33. The normalized spacial score (nSPS) is 25.5. The van der Waals surface area contributed by atoms with Crippen LogP contribution in [-0.4, -0.2) is 45.7 Å². The van der Waals surface area contributed by atoms with Crippen LogP contribution in [0.25, 0.3) is 0 Å². The molecule has 2 aliphatic heterocycles. The molecular formula is C25H26N2O6. The number of aromatic nitrogens is 2. The van der Waals surface area contributed by atoms with E-state index in [1.165, 1.54) is 0 Å². The SMILES string of the molecule is Cc1cn2c(nc1=O)O[C@@H]1[C@H]2O[C@](CO)(COCc2ccccc2)[C@H]1OCc1ccccc1. The highest BCUT2D eigenvalue weighted by Gasteiger charge is 2.61. The van der Waals surface area contributed by atoms with Crippen molar-refractivity contribution in [2.75, 3.05) is 13.2 Å². The molecule has 0 aliphatic carbocycles. The van der Waals surface area contributed by atoms with E-state index >= 15 is 0 Å². The summed E-state index contributed by atoms with van der Waals surface area (Å²) < 4.78 is 26.4. The number of fused-ring (bicyclic) bond motifs is 3. The van der Waals surface area contributed by atoms with Gasteiger partial charge in [0.05, 0.1) is 26.4 Å². The van der Waals surface area contributed by atoms with Crippen LogP contribution in [0.5, 0.6) is 6.01 Å². The van der Waals surface area contributed by atoms with Gasteiger partial charge in [-0.2, -0.15) is 4.98 Å². The number of nitrogens with zero attached hydrogens (tertiary/aromatic N) is 2. The minimum absolute atomic E-state index is 0.107. The van der Waals surface area contributed by atoms with E-state index < -0.39 is 24.0 Å². The topological polar surface area (TPSA) is 92.0 Å². The van der Waals surface area contributed by atoms with E-state index in [1.807, 2.05) is 60.7 Å². The van der Waals surface area contributed by atoms with Crippen LogP contribution in [0, 0.1) is 6.92 Å². The number of hydrogen-bond acceptors (Lipinski definition) is 7. The van der Waals surface area contributed by atoms with Gasteiger partial charge in [-0.15, -0.1) is 0 Å². The Kier molecular flexibility index (Phi) is 5.99. The summed E-state index contributed by atoms with van der Waals surface area (Å²) in [4.78, 5) is 16.0. The van der Waals surface area contributed by atoms with Crippen molar-refractivity contribution in [3.8, 4) is 6.01 Å². The highest BCUT2D eigenvalue weighted by molar-refractivity contribution is 5.19. The van der Waals surface area contributed by atoms with Crippen LogP contribution in [0.3, 0.4) is 0 Å². The highest BCUT2D eigenvalue weighted by Crippen LogP contribution is 2.46. The standard InChI is InChI=1S/C25H26N2O6/c1-17-12-27-23-20(32-24(27)26-22(17)29)21(31-14-19-10-6-3-7-11-19)25(15-28,33-23)16-30-13-18-8-4-2-5-9-18/h2-12,20-21,23,28H,13-16H2,1H3/t20-,21-,23+,25+/m0/s1. The first-order chi connectivity index (χ1) is 16.1. The Hall–Kier alpha value is -3.04. The molecule has 0 amide bonds. The zero-order valence-electron chi connectivity index (χ0n) is 18.3. The third-order valence-electron chi connectivity index (χ3n) is 6.06. The number of hydrogen-bond donors (Lipinski definition) is 1. The summed E-state index contributed by atoms with van der Waals surface area (Å²) in [7, 11) is 0. The summed E-state index contributed by atoms with van der Waals surface area (Å²) in [6, 6.07) is 19.7. The molecular weight excluding hydrogens is 424 g/mol. The van der Waals surface area contributed by atoms with Crippen LogP contribution in [-0.2, 0) is 27.4 Å². The summed E-state index contributed by atoms with van der Waals surface area (Å²) in [5.74, 6) is 0. The second-order valence-corrected chi connectivity index (χ2v) is 8.43. The molecule has 0 spiro atoms. The van der Waals surface area contributed by atoms with Gasteiger partial charge in [-0.3, -0.25) is 9.36 Å². The average Bonchev–Trinajstić information content (AvgIpc) is 3.32. The third kappa shape index (κ3) is 4.18. The van der Waals surface area contributed by atoms with Crippen LogP contribution >= 0.6 is 0 Å². The molecule has 1 saturated heterocycles. The van der Waals surface area contributed by atoms with Gasteiger partial charge in [0.1, 0.15) is 11.7 Å². The van der Waals surface area contributed by atoms with Crippen molar-refractivity contribution in [2.45, 2.75) is 44.2 Å². The highest BCUT2D eigenvalue weighted by atomic mass is 16.7. The molecule has 2 aromatic carbocycles. The molecule has 1 fully saturated rings. The fourth-order valence-electron chi connectivity index (χ4n) is 4.31. The molecule has 0 radical (unpaired) electrons. The number of ether oxygens (including phenoxy) is 4. The fourth-order valence-corrected chi connectivity index (χ4v) is 4.31. The average molecular weight is 450 g/mol. The molecule has 1 N–H and O–H groups in total. The lowest BCUT2D eigenvalue weighted by atomic mass is 9.96. The van der Waals surface area contributed by atoms with Crippen molar-refractivity contribution < 1.29 is 24.1 Å². The molecule has 172 valence electrons. The van der Waals surface area contributed by atoms with Crippen LogP contribution in [0.2, 0.25) is 0 Å². The molecule has 33 heavy (non-hydrogen) atoms. The molecule has 5 rings (SSSR count). The second-order valence-electron chi connectivity index (χ2n) is 8.43. The van der Waals surface area contributed by atoms with E-state index in [2.05, 4.69) is 4.98 Å². The van der Waals surface area contributed by atoms with Crippen molar-refractivity contribution in [2.24, 2.45) is 0 Å². The van der Waals surface area contributed by atoms with Crippen molar-refractivity contribution in [1.82, 2.24) is 9.55 Å². The first kappa shape index (κ1) is 21.8. The second kappa shape index (κ2) is 9.07. The fraction of sp³-hybridized carbons (Fsp3) is 0.360. The molecule has 8 nitrogen and oxygen atoms in total. The van der Waals surface area contributed by atoms with Crippen molar-refractivity contribution in [3.63, 3.8) is 0 Å². The zero-order valence-corrected chi connectivity index (χ0v) is 18.3. The maximum absolute atomic E-state index is 12.0. The van der Waals surface area contributed by atoms with Crippen molar-refractivity contribution in [1.29, 1.82) is 0 Å². The van der Waals surface area contributed by atoms with Gasteiger partial charge < -0.3 is 24.1 Å². The van der Waals surface area contributed by atoms with Gasteiger partial charge in [-0.05, 0) is 18.1 Å². The van der Waals surface area contributed by atoms with E-state index in [9.17, 15) is 9.90 Å². The van der Waals surface area contributed by atoms with Gasteiger partial charge in [-0.1, -0.05) is 60.7 Å². The quantitative estimate of drug-likeness (QED) is 0.563. The van der Waals surface area contributed by atoms with E-state index in [-0.39, 0.29) is 24.8 Å². The van der Waals surface area contributed by atoms with E-state index in [1.54, 1.807) is 17.7 Å². The number of benzene rings is 2. The van der Waals surface area contributed by atoms with E-state index in [0.717, 1.165) is 11.1 Å². The van der Waals surface area contributed by atoms with Gasteiger partial charge >= 0.3 is 6.01 Å². The minimum atomic E-state index is -1.15.